The summed E-state index contributed by atoms with van der Waals surface area (Å²) in [4.78, 5) is 13.1. The van der Waals surface area contributed by atoms with Crippen LogP contribution in [0.5, 0.6) is 0 Å². The van der Waals surface area contributed by atoms with Crippen molar-refractivity contribution in [3.63, 3.8) is 0 Å². The molecule has 0 heterocycles. The molecule has 6 heteroatoms. The van der Waals surface area contributed by atoms with Gasteiger partial charge < -0.3 is 5.32 Å². The molecule has 150 valence electrons. The molecule has 29 heavy (non-hydrogen) atoms. The number of hydrogen-bond donors (Lipinski definition) is 2. The number of carbonyl (C=O) groups is 1. The highest BCUT2D eigenvalue weighted by Gasteiger charge is 2.27. The number of nitrogens with one attached hydrogen (secondary N) is 2. The lowest BCUT2D eigenvalue weighted by atomic mass is 10.0. The molecule has 2 unspecified atom stereocenters. The van der Waals surface area contributed by atoms with Crippen LogP contribution >= 0.6 is 0 Å². The van der Waals surface area contributed by atoms with Gasteiger partial charge >= 0.3 is 0 Å². The summed E-state index contributed by atoms with van der Waals surface area (Å²) in [6.45, 7) is 1.87. The van der Waals surface area contributed by atoms with Crippen molar-refractivity contribution in [1.82, 2.24) is 10.0 Å². The predicted molar refractivity (Wildman–Crippen MR) is 114 cm³/mol. The molecular formula is C23H24N2O3S. The molecule has 5 nitrogen and oxygen atoms in total. The molecule has 0 aliphatic carbocycles. The summed E-state index contributed by atoms with van der Waals surface area (Å²) in [7, 11) is -3.84. The van der Waals surface area contributed by atoms with Crippen molar-refractivity contribution in [2.24, 2.45) is 0 Å². The Hall–Kier alpha value is -2.96. The molecule has 3 aromatic carbocycles. The van der Waals surface area contributed by atoms with Gasteiger partial charge in [0.1, 0.15) is 6.04 Å². The van der Waals surface area contributed by atoms with E-state index in [4.69, 9.17) is 0 Å². The van der Waals surface area contributed by atoms with Gasteiger partial charge in [-0.2, -0.15) is 4.72 Å². The molecule has 0 aliphatic heterocycles. The molecule has 0 aliphatic rings. The van der Waals surface area contributed by atoms with Gasteiger partial charge in [-0.3, -0.25) is 4.79 Å². The fraction of sp³-hybridized carbons (Fsp3) is 0.174. The largest absolute Gasteiger partial charge is 0.348 e. The van der Waals surface area contributed by atoms with E-state index < -0.39 is 16.1 Å². The summed E-state index contributed by atoms with van der Waals surface area (Å²) >= 11 is 0. The van der Waals surface area contributed by atoms with Gasteiger partial charge in [-0.1, -0.05) is 78.9 Å². The Morgan fingerprint density at radius 1 is 0.828 bits per heavy atom. The molecule has 3 rings (SSSR count). The molecule has 0 radical (unpaired) electrons. The molecule has 0 bridgehead atoms. The van der Waals surface area contributed by atoms with E-state index in [0.717, 1.165) is 11.1 Å². The van der Waals surface area contributed by atoms with E-state index in [9.17, 15) is 13.2 Å². The van der Waals surface area contributed by atoms with E-state index in [1.54, 1.807) is 18.2 Å². The first kappa shape index (κ1) is 20.8. The van der Waals surface area contributed by atoms with Gasteiger partial charge in [-0.25, -0.2) is 8.42 Å². The van der Waals surface area contributed by atoms with Crippen LogP contribution in [0.15, 0.2) is 95.9 Å². The van der Waals surface area contributed by atoms with Crippen LogP contribution < -0.4 is 10.0 Å². The SMILES string of the molecule is CC(NC(=O)C(Cc1ccccc1)NS(=O)(=O)c1ccccc1)c1ccccc1. The van der Waals surface area contributed by atoms with E-state index in [1.807, 2.05) is 67.6 Å². The monoisotopic (exact) mass is 408 g/mol. The molecule has 0 saturated carbocycles. The van der Waals surface area contributed by atoms with E-state index >= 15 is 0 Å². The number of carbonyl (C=O) groups excluding carboxylic acids is 1. The summed E-state index contributed by atoms with van der Waals surface area (Å²) in [6, 6.07) is 25.8. The topological polar surface area (TPSA) is 75.3 Å². The Balaban J connectivity index is 1.81. The highest BCUT2D eigenvalue weighted by Crippen LogP contribution is 2.14. The van der Waals surface area contributed by atoms with Gasteiger partial charge in [0, 0.05) is 0 Å². The normalized spacial score (nSPS) is 13.4. The first-order chi connectivity index (χ1) is 14.0. The average Bonchev–Trinajstić information content (AvgIpc) is 2.75. The van der Waals surface area contributed by atoms with E-state index in [2.05, 4.69) is 10.0 Å². The third-order valence-corrected chi connectivity index (χ3v) is 6.10. The summed E-state index contributed by atoms with van der Waals surface area (Å²) in [5.74, 6) is -0.371. The van der Waals surface area contributed by atoms with Gasteiger partial charge in [-0.05, 0) is 36.6 Å². The first-order valence-corrected chi connectivity index (χ1v) is 10.9. The molecule has 0 aromatic heterocycles. The van der Waals surface area contributed by atoms with Gasteiger partial charge in [0.25, 0.3) is 0 Å². The average molecular weight is 409 g/mol. The smallest absolute Gasteiger partial charge is 0.241 e. The highest BCUT2D eigenvalue weighted by atomic mass is 32.2. The van der Waals surface area contributed by atoms with Crippen LogP contribution in [-0.4, -0.2) is 20.4 Å². The van der Waals surface area contributed by atoms with E-state index in [0.29, 0.717) is 0 Å². The first-order valence-electron chi connectivity index (χ1n) is 9.42. The van der Waals surface area contributed by atoms with Crippen LogP contribution in [0.25, 0.3) is 0 Å². The Kier molecular flexibility index (Phi) is 6.80. The van der Waals surface area contributed by atoms with Crippen molar-refractivity contribution in [2.45, 2.75) is 30.3 Å². The molecular weight excluding hydrogens is 384 g/mol. The lowest BCUT2D eigenvalue weighted by Gasteiger charge is -2.22. The van der Waals surface area contributed by atoms with Crippen molar-refractivity contribution in [1.29, 1.82) is 0 Å². The molecule has 3 aromatic rings. The summed E-state index contributed by atoms with van der Waals surface area (Å²) < 4.78 is 28.2. The minimum atomic E-state index is -3.84. The van der Waals surface area contributed by atoms with Crippen molar-refractivity contribution >= 4 is 15.9 Å². The second-order valence-electron chi connectivity index (χ2n) is 6.82. The number of amides is 1. The van der Waals surface area contributed by atoms with Crippen LogP contribution in [0.2, 0.25) is 0 Å². The number of benzene rings is 3. The van der Waals surface area contributed by atoms with Gasteiger partial charge in [-0.15, -0.1) is 0 Å². The minimum Gasteiger partial charge on any atom is -0.348 e. The van der Waals surface area contributed by atoms with Gasteiger partial charge in [0.05, 0.1) is 10.9 Å². The van der Waals surface area contributed by atoms with Crippen LogP contribution in [0, 0.1) is 0 Å². The fourth-order valence-corrected chi connectivity index (χ4v) is 4.25. The molecule has 2 N–H and O–H groups in total. The Morgan fingerprint density at radius 2 is 1.34 bits per heavy atom. The van der Waals surface area contributed by atoms with Gasteiger partial charge in [0.15, 0.2) is 0 Å². The molecule has 0 spiro atoms. The molecule has 2 atom stereocenters. The lowest BCUT2D eigenvalue weighted by Crippen LogP contribution is -2.48. The van der Waals surface area contributed by atoms with Gasteiger partial charge in [0.2, 0.25) is 15.9 Å². The van der Waals surface area contributed by atoms with Crippen LogP contribution in [0.3, 0.4) is 0 Å². The van der Waals surface area contributed by atoms with Crippen molar-refractivity contribution in [3.8, 4) is 0 Å². The third kappa shape index (κ3) is 5.76. The fourth-order valence-electron chi connectivity index (χ4n) is 3.03. The minimum absolute atomic E-state index is 0.127. The predicted octanol–water partition coefficient (Wildman–Crippen LogP) is 3.45. The number of rotatable bonds is 8. The number of hydrogen-bond acceptors (Lipinski definition) is 3. The van der Waals surface area contributed by atoms with Crippen molar-refractivity contribution in [2.75, 3.05) is 0 Å². The maximum atomic E-state index is 13.0. The Labute approximate surface area is 171 Å². The quantitative estimate of drug-likeness (QED) is 0.599. The van der Waals surface area contributed by atoms with E-state index in [-0.39, 0.29) is 23.3 Å². The van der Waals surface area contributed by atoms with Crippen molar-refractivity contribution in [3.05, 3.63) is 102 Å². The maximum Gasteiger partial charge on any atom is 0.241 e. The third-order valence-electron chi connectivity index (χ3n) is 4.61. The Bertz CT molecular complexity index is 1020. The summed E-state index contributed by atoms with van der Waals surface area (Å²) in [5.41, 5.74) is 1.82. The van der Waals surface area contributed by atoms with Crippen LogP contribution in [0.1, 0.15) is 24.1 Å². The summed E-state index contributed by atoms with van der Waals surface area (Å²) in [5, 5.41) is 2.92. The van der Waals surface area contributed by atoms with Crippen molar-refractivity contribution < 1.29 is 13.2 Å². The van der Waals surface area contributed by atoms with E-state index in [1.165, 1.54) is 12.1 Å². The highest BCUT2D eigenvalue weighted by molar-refractivity contribution is 7.89. The number of sulfonamides is 1. The molecule has 1 amide bonds. The molecule has 0 fully saturated rings. The zero-order chi connectivity index (χ0) is 20.7. The zero-order valence-electron chi connectivity index (χ0n) is 16.2. The lowest BCUT2D eigenvalue weighted by molar-refractivity contribution is -0.123. The zero-order valence-corrected chi connectivity index (χ0v) is 17.0. The summed E-state index contributed by atoms with van der Waals surface area (Å²) in [6.07, 6.45) is 0.250. The standard InChI is InChI=1S/C23H24N2O3S/c1-18(20-13-7-3-8-14-20)24-23(26)22(17-19-11-5-2-6-12-19)25-29(27,28)21-15-9-4-10-16-21/h2-16,18,22,25H,17H2,1H3,(H,24,26). The second-order valence-corrected chi connectivity index (χ2v) is 8.53. The Morgan fingerprint density at radius 3 is 1.93 bits per heavy atom. The molecule has 0 saturated heterocycles. The second kappa shape index (κ2) is 9.49. The van der Waals surface area contributed by atoms with Crippen LogP contribution in [0.4, 0.5) is 0 Å². The van der Waals surface area contributed by atoms with Crippen LogP contribution in [-0.2, 0) is 21.2 Å². The maximum absolute atomic E-state index is 13.0.